The molecule has 34 heavy (non-hydrogen) atoms. The van der Waals surface area contributed by atoms with Gasteiger partial charge in [-0.05, 0) is 43.2 Å². The molecule has 0 atom stereocenters. The van der Waals surface area contributed by atoms with E-state index in [9.17, 15) is 9.59 Å². The van der Waals surface area contributed by atoms with Gasteiger partial charge in [0.05, 0.1) is 34.5 Å². The van der Waals surface area contributed by atoms with Crippen LogP contribution in [0.25, 0.3) is 5.69 Å². The molecule has 0 saturated carbocycles. The van der Waals surface area contributed by atoms with E-state index in [-0.39, 0.29) is 11.9 Å². The molecule has 0 unspecified atom stereocenters. The maximum absolute atomic E-state index is 12.8. The van der Waals surface area contributed by atoms with Crippen LogP contribution in [-0.2, 0) is 0 Å². The summed E-state index contributed by atoms with van der Waals surface area (Å²) in [6.07, 6.45) is 6.97. The molecule has 0 radical (unpaired) electrons. The molecule has 3 amide bonds. The van der Waals surface area contributed by atoms with E-state index in [4.69, 9.17) is 11.6 Å². The van der Waals surface area contributed by atoms with Crippen LogP contribution in [0.4, 0.5) is 16.2 Å². The summed E-state index contributed by atoms with van der Waals surface area (Å²) >= 11 is 6.08. The molecule has 2 aromatic carbocycles. The van der Waals surface area contributed by atoms with Gasteiger partial charge in [0, 0.05) is 31.2 Å². The molecule has 1 aliphatic rings. The zero-order valence-electron chi connectivity index (χ0n) is 18.7. The number of para-hydroxylation sites is 1. The first-order chi connectivity index (χ1) is 16.5. The van der Waals surface area contributed by atoms with E-state index in [1.165, 1.54) is 6.20 Å². The Balaban J connectivity index is 1.35. The van der Waals surface area contributed by atoms with Crippen LogP contribution >= 0.6 is 11.6 Å². The fraction of sp³-hybridized carbons (Fsp3) is 0.240. The zero-order chi connectivity index (χ0) is 23.9. The quantitative estimate of drug-likeness (QED) is 0.434. The maximum atomic E-state index is 12.8. The molecule has 3 aromatic rings. The number of aromatic nitrogens is 2. The van der Waals surface area contributed by atoms with Crippen LogP contribution < -0.4 is 16.0 Å². The third-order valence-electron chi connectivity index (χ3n) is 5.65. The highest BCUT2D eigenvalue weighted by Crippen LogP contribution is 2.21. The van der Waals surface area contributed by atoms with Gasteiger partial charge < -0.3 is 16.0 Å². The largest absolute Gasteiger partial charge is 0.349 e. The molecule has 3 N–H and O–H groups in total. The van der Waals surface area contributed by atoms with Crippen LogP contribution in [0.1, 0.15) is 23.2 Å². The summed E-state index contributed by atoms with van der Waals surface area (Å²) in [4.78, 5) is 27.4. The number of halogens is 1. The van der Waals surface area contributed by atoms with Crippen LogP contribution in [0.5, 0.6) is 0 Å². The lowest BCUT2D eigenvalue weighted by atomic mass is 10.0. The number of anilines is 2. The van der Waals surface area contributed by atoms with Crippen LogP contribution in [0.3, 0.4) is 0 Å². The number of amides is 3. The van der Waals surface area contributed by atoms with Crippen molar-refractivity contribution in [2.75, 3.05) is 30.3 Å². The van der Waals surface area contributed by atoms with Gasteiger partial charge in [0.25, 0.3) is 5.91 Å². The molecule has 1 aliphatic heterocycles. The van der Waals surface area contributed by atoms with E-state index in [0.29, 0.717) is 27.6 Å². The van der Waals surface area contributed by atoms with Gasteiger partial charge in [-0.3, -0.25) is 9.69 Å². The number of benzene rings is 2. The lowest BCUT2D eigenvalue weighted by Crippen LogP contribution is -2.44. The third-order valence-corrected chi connectivity index (χ3v) is 5.98. The smallest absolute Gasteiger partial charge is 0.323 e. The monoisotopic (exact) mass is 478 g/mol. The Kier molecular flexibility index (Phi) is 7.61. The number of urea groups is 1. The standard InChI is InChI=1S/C25H27ClN6O2/c1-2-12-31-13-10-19(11-14-31)28-24(33)18-6-5-7-21(15-18)32-17-20(16-27-32)29-25(34)30-23-9-4-3-8-22(23)26/h2-9,15-17,19H,1,10-14H2,(H,28,33)(H2,29,30,34). The molecular formula is C25H27ClN6O2. The second kappa shape index (κ2) is 11.0. The fourth-order valence-corrected chi connectivity index (χ4v) is 4.06. The molecule has 0 aliphatic carbocycles. The van der Waals surface area contributed by atoms with Gasteiger partial charge in [-0.1, -0.05) is 35.9 Å². The van der Waals surface area contributed by atoms with Crippen molar-refractivity contribution in [3.8, 4) is 5.69 Å². The molecule has 176 valence electrons. The first-order valence-corrected chi connectivity index (χ1v) is 11.5. The Hall–Kier alpha value is -3.62. The highest BCUT2D eigenvalue weighted by molar-refractivity contribution is 6.33. The predicted octanol–water partition coefficient (Wildman–Crippen LogP) is 4.55. The van der Waals surface area contributed by atoms with Crippen LogP contribution in [0, 0.1) is 0 Å². The third kappa shape index (κ3) is 6.03. The van der Waals surface area contributed by atoms with Crippen LogP contribution in [0.2, 0.25) is 5.02 Å². The van der Waals surface area contributed by atoms with Crippen molar-refractivity contribution < 1.29 is 9.59 Å². The number of likely N-dealkylation sites (tertiary alicyclic amines) is 1. The predicted molar refractivity (Wildman–Crippen MR) is 135 cm³/mol. The number of hydrogen-bond acceptors (Lipinski definition) is 4. The molecular weight excluding hydrogens is 452 g/mol. The maximum Gasteiger partial charge on any atom is 0.323 e. The number of hydrogen-bond donors (Lipinski definition) is 3. The average Bonchev–Trinajstić information content (AvgIpc) is 3.30. The van der Waals surface area contributed by atoms with Crippen molar-refractivity contribution in [2.24, 2.45) is 0 Å². The highest BCUT2D eigenvalue weighted by atomic mass is 35.5. The molecule has 8 nitrogen and oxygen atoms in total. The summed E-state index contributed by atoms with van der Waals surface area (Å²) in [5, 5.41) is 13.3. The summed E-state index contributed by atoms with van der Waals surface area (Å²) in [6.45, 7) is 6.56. The van der Waals surface area contributed by atoms with Crippen molar-refractivity contribution in [1.82, 2.24) is 20.0 Å². The first-order valence-electron chi connectivity index (χ1n) is 11.1. The van der Waals surface area contributed by atoms with Gasteiger partial charge in [0.15, 0.2) is 0 Å². The molecule has 9 heteroatoms. The summed E-state index contributed by atoms with van der Waals surface area (Å²) in [7, 11) is 0. The summed E-state index contributed by atoms with van der Waals surface area (Å²) in [6, 6.07) is 14.0. The molecule has 0 bridgehead atoms. The van der Waals surface area contributed by atoms with Crippen molar-refractivity contribution in [2.45, 2.75) is 18.9 Å². The van der Waals surface area contributed by atoms with Gasteiger partial charge in [0.1, 0.15) is 0 Å². The summed E-state index contributed by atoms with van der Waals surface area (Å²) < 4.78 is 1.61. The first kappa shape index (κ1) is 23.5. The van der Waals surface area contributed by atoms with Gasteiger partial charge in [-0.2, -0.15) is 5.10 Å². The Labute approximate surface area is 203 Å². The lowest BCUT2D eigenvalue weighted by Gasteiger charge is -2.31. The number of carbonyl (C=O) groups is 2. The minimum absolute atomic E-state index is 0.103. The van der Waals surface area contributed by atoms with Gasteiger partial charge in [0.2, 0.25) is 0 Å². The Morgan fingerprint density at radius 2 is 1.91 bits per heavy atom. The number of carbonyl (C=O) groups excluding carboxylic acids is 2. The zero-order valence-corrected chi connectivity index (χ0v) is 19.5. The van der Waals surface area contributed by atoms with Crippen molar-refractivity contribution in [3.05, 3.63) is 84.2 Å². The molecule has 1 saturated heterocycles. The Morgan fingerprint density at radius 1 is 1.12 bits per heavy atom. The molecule has 1 fully saturated rings. The second-order valence-corrected chi connectivity index (χ2v) is 8.53. The van der Waals surface area contributed by atoms with E-state index in [0.717, 1.165) is 32.5 Å². The van der Waals surface area contributed by atoms with Crippen LogP contribution in [0.15, 0.2) is 73.6 Å². The van der Waals surface area contributed by atoms with Crippen molar-refractivity contribution in [3.63, 3.8) is 0 Å². The molecule has 2 heterocycles. The Bertz CT molecular complexity index is 1170. The van der Waals surface area contributed by atoms with E-state index in [1.807, 2.05) is 18.2 Å². The van der Waals surface area contributed by atoms with E-state index < -0.39 is 6.03 Å². The Morgan fingerprint density at radius 3 is 2.68 bits per heavy atom. The topological polar surface area (TPSA) is 91.3 Å². The highest BCUT2D eigenvalue weighted by Gasteiger charge is 2.20. The van der Waals surface area contributed by atoms with Gasteiger partial charge in [-0.25, -0.2) is 9.48 Å². The number of piperidine rings is 1. The lowest BCUT2D eigenvalue weighted by molar-refractivity contribution is 0.0914. The minimum Gasteiger partial charge on any atom is -0.349 e. The number of nitrogens with one attached hydrogen (secondary N) is 3. The van der Waals surface area contributed by atoms with E-state index >= 15 is 0 Å². The number of rotatable bonds is 7. The van der Waals surface area contributed by atoms with Gasteiger partial charge >= 0.3 is 6.03 Å². The molecule has 4 rings (SSSR count). The molecule has 0 spiro atoms. The normalized spacial score (nSPS) is 14.4. The fourth-order valence-electron chi connectivity index (χ4n) is 3.88. The number of nitrogens with zero attached hydrogens (tertiary/aromatic N) is 3. The molecule has 1 aromatic heterocycles. The van der Waals surface area contributed by atoms with E-state index in [2.05, 4.69) is 32.5 Å². The van der Waals surface area contributed by atoms with Crippen molar-refractivity contribution >= 4 is 34.9 Å². The van der Waals surface area contributed by atoms with Gasteiger partial charge in [-0.15, -0.1) is 6.58 Å². The minimum atomic E-state index is -0.431. The second-order valence-electron chi connectivity index (χ2n) is 8.12. The summed E-state index contributed by atoms with van der Waals surface area (Å²) in [5.41, 5.74) is 2.30. The summed E-state index contributed by atoms with van der Waals surface area (Å²) in [5.74, 6) is -0.103. The SMILES string of the molecule is C=CCN1CCC(NC(=O)c2cccc(-n3cc(NC(=O)Nc4ccccc4Cl)cn3)c2)CC1. The average molecular weight is 479 g/mol. The van der Waals surface area contributed by atoms with E-state index in [1.54, 1.807) is 47.3 Å². The van der Waals surface area contributed by atoms with Crippen LogP contribution in [-0.4, -0.2) is 52.3 Å². The van der Waals surface area contributed by atoms with Crippen molar-refractivity contribution in [1.29, 1.82) is 0 Å².